The van der Waals surface area contributed by atoms with Gasteiger partial charge in [0, 0.05) is 50.3 Å². The van der Waals surface area contributed by atoms with E-state index in [1.54, 1.807) is 16.9 Å². The molecule has 1 fully saturated rings. The highest BCUT2D eigenvalue weighted by Gasteiger charge is 2.19. The van der Waals surface area contributed by atoms with Crippen molar-refractivity contribution in [1.82, 2.24) is 24.5 Å². The van der Waals surface area contributed by atoms with Crippen LogP contribution in [-0.2, 0) is 0 Å². The van der Waals surface area contributed by atoms with Crippen LogP contribution in [-0.4, -0.2) is 56.7 Å². The van der Waals surface area contributed by atoms with E-state index in [0.29, 0.717) is 22.5 Å². The van der Waals surface area contributed by atoms with Gasteiger partial charge in [0.2, 0.25) is 0 Å². The number of hydrogen-bond acceptors (Lipinski definition) is 6. The molecule has 4 rings (SSSR count). The van der Waals surface area contributed by atoms with E-state index in [9.17, 15) is 0 Å². The molecule has 1 aliphatic heterocycles. The monoisotopic (exact) mass is 371 g/mol. The first kappa shape index (κ1) is 17.1. The van der Waals surface area contributed by atoms with Gasteiger partial charge in [-0.25, -0.2) is 14.5 Å². The normalized spacial score (nSPS) is 15.8. The second-order valence-corrected chi connectivity index (χ2v) is 7.12. The molecular weight excluding hydrogens is 350 g/mol. The maximum absolute atomic E-state index is 6.53. The number of nitrogens with zero attached hydrogens (tertiary/aromatic N) is 6. The summed E-state index contributed by atoms with van der Waals surface area (Å²) in [6, 6.07) is 6.70. The van der Waals surface area contributed by atoms with E-state index in [4.69, 9.17) is 11.6 Å². The van der Waals surface area contributed by atoms with Gasteiger partial charge >= 0.3 is 0 Å². The maximum Gasteiger partial charge on any atom is 0.198 e. The number of rotatable bonds is 4. The Balaban J connectivity index is 1.51. The van der Waals surface area contributed by atoms with Crippen molar-refractivity contribution in [1.29, 1.82) is 0 Å². The lowest BCUT2D eigenvalue weighted by Gasteiger charge is -2.38. The van der Waals surface area contributed by atoms with Crippen LogP contribution in [0.4, 0.5) is 17.2 Å². The number of benzene rings is 1. The van der Waals surface area contributed by atoms with Gasteiger partial charge in [-0.3, -0.25) is 4.90 Å². The van der Waals surface area contributed by atoms with E-state index in [-0.39, 0.29) is 0 Å². The Morgan fingerprint density at radius 1 is 1.12 bits per heavy atom. The summed E-state index contributed by atoms with van der Waals surface area (Å²) in [5.74, 6) is 0.630. The fraction of sp³-hybridized carbons (Fsp3) is 0.389. The zero-order valence-corrected chi connectivity index (χ0v) is 15.7. The number of anilines is 3. The zero-order chi connectivity index (χ0) is 18.1. The van der Waals surface area contributed by atoms with Crippen molar-refractivity contribution in [3.8, 4) is 0 Å². The molecule has 3 aromatic rings. The Kier molecular flexibility index (Phi) is 4.65. The topological polar surface area (TPSA) is 61.6 Å². The minimum Gasteiger partial charge on any atom is -0.369 e. The molecule has 7 nitrogen and oxygen atoms in total. The summed E-state index contributed by atoms with van der Waals surface area (Å²) in [5, 5.41) is 8.04. The summed E-state index contributed by atoms with van der Waals surface area (Å²) in [6.07, 6.45) is 4.94. The highest BCUT2D eigenvalue weighted by atomic mass is 35.5. The fourth-order valence-corrected chi connectivity index (χ4v) is 3.49. The maximum atomic E-state index is 6.53. The highest BCUT2D eigenvalue weighted by molar-refractivity contribution is 6.33. The summed E-state index contributed by atoms with van der Waals surface area (Å²) in [6.45, 7) is 8.68. The van der Waals surface area contributed by atoms with Crippen molar-refractivity contribution in [3.63, 3.8) is 0 Å². The molecule has 0 amide bonds. The highest BCUT2D eigenvalue weighted by Crippen LogP contribution is 2.30. The minimum atomic E-state index is 0.597. The molecule has 2 aromatic heterocycles. The largest absolute Gasteiger partial charge is 0.369 e. The predicted molar refractivity (Wildman–Crippen MR) is 104 cm³/mol. The number of halogens is 1. The third-order valence-electron chi connectivity index (χ3n) is 4.81. The van der Waals surface area contributed by atoms with Crippen molar-refractivity contribution in [2.45, 2.75) is 19.9 Å². The van der Waals surface area contributed by atoms with E-state index >= 15 is 0 Å². The average Bonchev–Trinajstić information content (AvgIpc) is 3.13. The molecule has 0 unspecified atom stereocenters. The van der Waals surface area contributed by atoms with Gasteiger partial charge in [-0.05, 0) is 32.0 Å². The van der Waals surface area contributed by atoms with Gasteiger partial charge in [0.25, 0.3) is 0 Å². The Hall–Kier alpha value is -2.38. The summed E-state index contributed by atoms with van der Waals surface area (Å²) in [5.41, 5.74) is 2.62. The van der Waals surface area contributed by atoms with Crippen LogP contribution in [0.1, 0.15) is 13.8 Å². The fourth-order valence-electron chi connectivity index (χ4n) is 3.27. The molecule has 136 valence electrons. The lowest BCUT2D eigenvalue weighted by Crippen LogP contribution is -2.48. The molecular formula is C18H22ClN7. The molecule has 0 saturated carbocycles. The van der Waals surface area contributed by atoms with Crippen molar-refractivity contribution >= 4 is 34.4 Å². The van der Waals surface area contributed by atoms with Crippen LogP contribution < -0.4 is 10.2 Å². The number of nitrogens with one attached hydrogen (secondary N) is 1. The van der Waals surface area contributed by atoms with Crippen LogP contribution >= 0.6 is 11.6 Å². The van der Waals surface area contributed by atoms with Gasteiger partial charge in [-0.15, -0.1) is 0 Å². The average molecular weight is 372 g/mol. The van der Waals surface area contributed by atoms with Gasteiger partial charge in [-0.1, -0.05) is 11.6 Å². The lowest BCUT2D eigenvalue weighted by molar-refractivity contribution is 0.209. The molecule has 1 aromatic carbocycles. The third-order valence-corrected chi connectivity index (χ3v) is 5.12. The predicted octanol–water partition coefficient (Wildman–Crippen LogP) is 3.05. The molecule has 0 radical (unpaired) electrons. The van der Waals surface area contributed by atoms with E-state index in [1.807, 2.05) is 12.1 Å². The van der Waals surface area contributed by atoms with E-state index in [2.05, 4.69) is 50.1 Å². The molecule has 0 bridgehead atoms. The van der Waals surface area contributed by atoms with Gasteiger partial charge < -0.3 is 10.2 Å². The summed E-state index contributed by atoms with van der Waals surface area (Å²) in [7, 11) is 0. The molecule has 8 heteroatoms. The Morgan fingerprint density at radius 2 is 1.92 bits per heavy atom. The Morgan fingerprint density at radius 3 is 2.65 bits per heavy atom. The molecule has 1 aliphatic rings. The van der Waals surface area contributed by atoms with E-state index in [1.165, 1.54) is 6.33 Å². The molecule has 0 aliphatic carbocycles. The van der Waals surface area contributed by atoms with E-state index in [0.717, 1.165) is 37.6 Å². The molecule has 0 atom stereocenters. The second kappa shape index (κ2) is 7.09. The van der Waals surface area contributed by atoms with Gasteiger partial charge in [0.05, 0.1) is 10.7 Å². The van der Waals surface area contributed by atoms with Crippen molar-refractivity contribution < 1.29 is 0 Å². The van der Waals surface area contributed by atoms with E-state index < -0.39 is 0 Å². The number of hydrogen-bond donors (Lipinski definition) is 1. The first-order valence-electron chi connectivity index (χ1n) is 8.82. The summed E-state index contributed by atoms with van der Waals surface area (Å²) >= 11 is 6.53. The molecule has 0 spiro atoms. The number of piperazine rings is 1. The van der Waals surface area contributed by atoms with Crippen LogP contribution in [0, 0.1) is 0 Å². The van der Waals surface area contributed by atoms with Crippen LogP contribution in [0.2, 0.25) is 5.02 Å². The Bertz CT molecular complexity index is 899. The Labute approximate surface area is 157 Å². The molecule has 3 heterocycles. The van der Waals surface area contributed by atoms with Gasteiger partial charge in [0.15, 0.2) is 11.5 Å². The molecule has 26 heavy (non-hydrogen) atoms. The summed E-state index contributed by atoms with van der Waals surface area (Å²) < 4.78 is 1.67. The number of aromatic nitrogens is 4. The smallest absolute Gasteiger partial charge is 0.198 e. The third kappa shape index (κ3) is 3.32. The van der Waals surface area contributed by atoms with Crippen LogP contribution in [0.15, 0.2) is 36.9 Å². The van der Waals surface area contributed by atoms with Crippen molar-refractivity contribution in [2.75, 3.05) is 36.4 Å². The van der Waals surface area contributed by atoms with Crippen molar-refractivity contribution in [2.24, 2.45) is 0 Å². The first-order valence-corrected chi connectivity index (χ1v) is 9.19. The first-order chi connectivity index (χ1) is 12.6. The molecule has 1 N–H and O–H groups in total. The van der Waals surface area contributed by atoms with Crippen molar-refractivity contribution in [3.05, 3.63) is 41.9 Å². The van der Waals surface area contributed by atoms with Gasteiger partial charge in [0.1, 0.15) is 6.33 Å². The summed E-state index contributed by atoms with van der Waals surface area (Å²) in [4.78, 5) is 13.5. The molecule has 1 saturated heterocycles. The SMILES string of the molecule is CC(C)N1CCN(c2ccc(Nc3nccn4ncnc34)c(Cl)c2)CC1. The van der Waals surface area contributed by atoms with Crippen LogP contribution in [0.5, 0.6) is 0 Å². The lowest BCUT2D eigenvalue weighted by atomic mass is 10.2. The van der Waals surface area contributed by atoms with Gasteiger partial charge in [-0.2, -0.15) is 5.10 Å². The minimum absolute atomic E-state index is 0.597. The quantitative estimate of drug-likeness (QED) is 0.760. The second-order valence-electron chi connectivity index (χ2n) is 6.71. The standard InChI is InChI=1S/C18H22ClN7/c1-13(2)24-7-9-25(10-8-24)14-3-4-16(15(19)11-14)23-17-18-21-12-22-26(18)6-5-20-17/h3-6,11-13H,7-10H2,1-2H3,(H,20,23). The number of fused-ring (bicyclic) bond motifs is 1. The zero-order valence-electron chi connectivity index (χ0n) is 14.9. The van der Waals surface area contributed by atoms with Crippen LogP contribution in [0.25, 0.3) is 5.65 Å². The van der Waals surface area contributed by atoms with Crippen LogP contribution in [0.3, 0.4) is 0 Å².